The molecule has 2 rings (SSSR count). The first kappa shape index (κ1) is 11.4. The lowest BCUT2D eigenvalue weighted by Crippen LogP contribution is -2.08. The van der Waals surface area contributed by atoms with E-state index in [-0.39, 0.29) is 0 Å². The summed E-state index contributed by atoms with van der Waals surface area (Å²) in [6, 6.07) is 8.00. The number of anilines is 1. The Labute approximate surface area is 103 Å². The van der Waals surface area contributed by atoms with Gasteiger partial charge in [0.05, 0.1) is 11.2 Å². The normalized spacial score (nSPS) is 10.7. The highest BCUT2D eigenvalue weighted by atomic mass is 79.9. The van der Waals surface area contributed by atoms with Crippen LogP contribution in [0.4, 0.5) is 5.69 Å². The molecule has 4 heteroatoms. The van der Waals surface area contributed by atoms with Gasteiger partial charge in [0.15, 0.2) is 0 Å². The Kier molecular flexibility index (Phi) is 3.41. The number of pyridine rings is 1. The molecule has 16 heavy (non-hydrogen) atoms. The zero-order valence-corrected chi connectivity index (χ0v) is 10.7. The van der Waals surface area contributed by atoms with Crippen molar-refractivity contribution < 1.29 is 0 Å². The van der Waals surface area contributed by atoms with Crippen LogP contribution in [0.15, 0.2) is 28.7 Å². The molecular weight excluding hydrogens is 266 g/mol. The molecule has 0 bridgehead atoms. The molecule has 0 spiro atoms. The van der Waals surface area contributed by atoms with Gasteiger partial charge in [0.2, 0.25) is 0 Å². The van der Waals surface area contributed by atoms with E-state index in [1.54, 1.807) is 0 Å². The summed E-state index contributed by atoms with van der Waals surface area (Å²) in [6.45, 7) is 2.14. The molecule has 1 heterocycles. The monoisotopic (exact) mass is 279 g/mol. The Balaban J connectivity index is 2.69. The molecule has 0 aliphatic rings. The number of nitrogens with zero attached hydrogens (tertiary/aromatic N) is 1. The summed E-state index contributed by atoms with van der Waals surface area (Å²) in [5, 5.41) is 1.04. The van der Waals surface area contributed by atoms with Crippen molar-refractivity contribution >= 4 is 32.5 Å². The van der Waals surface area contributed by atoms with Gasteiger partial charge in [0.25, 0.3) is 0 Å². The van der Waals surface area contributed by atoms with Crippen molar-refractivity contribution in [2.45, 2.75) is 19.8 Å². The summed E-state index contributed by atoms with van der Waals surface area (Å²) < 4.78 is 0.999. The van der Waals surface area contributed by atoms with Crippen molar-refractivity contribution in [1.82, 2.24) is 4.98 Å². The lowest BCUT2D eigenvalue weighted by molar-refractivity contribution is 0.889. The Morgan fingerprint density at radius 3 is 2.94 bits per heavy atom. The third-order valence-corrected chi connectivity index (χ3v) is 3.14. The summed E-state index contributed by atoms with van der Waals surface area (Å²) in [4.78, 5) is 4.63. The molecule has 0 amide bonds. The Morgan fingerprint density at radius 1 is 1.44 bits per heavy atom. The van der Waals surface area contributed by atoms with E-state index in [4.69, 9.17) is 5.84 Å². The predicted molar refractivity (Wildman–Crippen MR) is 71.2 cm³/mol. The van der Waals surface area contributed by atoms with Gasteiger partial charge in [-0.1, -0.05) is 25.5 Å². The first-order valence-electron chi connectivity index (χ1n) is 5.31. The van der Waals surface area contributed by atoms with Crippen LogP contribution in [0.1, 0.15) is 19.0 Å². The number of para-hydroxylation sites is 1. The number of nitrogens with one attached hydrogen (secondary N) is 1. The molecule has 0 unspecified atom stereocenters. The number of fused-ring (bicyclic) bond motifs is 1. The molecule has 3 nitrogen and oxygen atoms in total. The third-order valence-electron chi connectivity index (χ3n) is 2.50. The number of hydrogen-bond acceptors (Lipinski definition) is 3. The lowest BCUT2D eigenvalue weighted by Gasteiger charge is -2.09. The number of aromatic nitrogens is 1. The highest BCUT2D eigenvalue weighted by molar-refractivity contribution is 9.10. The molecule has 2 aromatic rings. The van der Waals surface area contributed by atoms with Crippen molar-refractivity contribution in [3.8, 4) is 0 Å². The zero-order valence-electron chi connectivity index (χ0n) is 9.13. The molecule has 1 aromatic heterocycles. The first-order valence-corrected chi connectivity index (χ1v) is 6.10. The minimum Gasteiger partial charge on any atom is -0.323 e. The SMILES string of the molecule is CCCc1cc(NN)c2cccc(Br)c2n1. The van der Waals surface area contributed by atoms with Gasteiger partial charge in [-0.15, -0.1) is 0 Å². The predicted octanol–water partition coefficient (Wildman–Crippen LogP) is 3.24. The van der Waals surface area contributed by atoms with Gasteiger partial charge in [0.1, 0.15) is 0 Å². The largest absolute Gasteiger partial charge is 0.323 e. The summed E-state index contributed by atoms with van der Waals surface area (Å²) in [5.74, 6) is 5.54. The number of nitrogens with two attached hydrogens (primary N) is 1. The summed E-state index contributed by atoms with van der Waals surface area (Å²) in [7, 11) is 0. The molecule has 0 atom stereocenters. The van der Waals surface area contributed by atoms with Crippen LogP contribution >= 0.6 is 15.9 Å². The van der Waals surface area contributed by atoms with Gasteiger partial charge in [0, 0.05) is 15.6 Å². The van der Waals surface area contributed by atoms with Crippen LogP contribution in [0.3, 0.4) is 0 Å². The number of rotatable bonds is 3. The maximum Gasteiger partial charge on any atom is 0.0868 e. The average molecular weight is 280 g/mol. The Bertz CT molecular complexity index is 511. The Hall–Kier alpha value is -1.13. The van der Waals surface area contributed by atoms with Crippen LogP contribution in [0.25, 0.3) is 10.9 Å². The first-order chi connectivity index (χ1) is 7.76. The lowest BCUT2D eigenvalue weighted by atomic mass is 10.1. The van der Waals surface area contributed by atoms with E-state index in [1.165, 1.54) is 0 Å². The van der Waals surface area contributed by atoms with Crippen molar-refractivity contribution in [3.63, 3.8) is 0 Å². The smallest absolute Gasteiger partial charge is 0.0868 e. The number of aryl methyl sites for hydroxylation is 1. The maximum absolute atomic E-state index is 5.54. The van der Waals surface area contributed by atoms with Crippen LogP contribution < -0.4 is 11.3 Å². The number of benzene rings is 1. The van der Waals surface area contributed by atoms with Gasteiger partial charge in [-0.05, 0) is 34.5 Å². The van der Waals surface area contributed by atoms with Crippen molar-refractivity contribution in [3.05, 3.63) is 34.4 Å². The van der Waals surface area contributed by atoms with E-state index >= 15 is 0 Å². The molecule has 0 aliphatic carbocycles. The highest BCUT2D eigenvalue weighted by Gasteiger charge is 2.06. The quantitative estimate of drug-likeness (QED) is 0.670. The van der Waals surface area contributed by atoms with E-state index in [0.29, 0.717) is 0 Å². The molecule has 3 N–H and O–H groups in total. The number of hydrazine groups is 1. The molecule has 0 fully saturated rings. The van der Waals surface area contributed by atoms with Crippen LogP contribution in [0.5, 0.6) is 0 Å². The van der Waals surface area contributed by atoms with E-state index in [2.05, 4.69) is 33.3 Å². The average Bonchev–Trinajstić information content (AvgIpc) is 2.30. The van der Waals surface area contributed by atoms with Gasteiger partial charge in [-0.2, -0.15) is 0 Å². The summed E-state index contributed by atoms with van der Waals surface area (Å²) in [6.07, 6.45) is 2.04. The maximum atomic E-state index is 5.54. The van der Waals surface area contributed by atoms with E-state index in [1.807, 2.05) is 24.3 Å². The van der Waals surface area contributed by atoms with Gasteiger partial charge in [-0.25, -0.2) is 0 Å². The molecule has 84 valence electrons. The van der Waals surface area contributed by atoms with Crippen LogP contribution in [0, 0.1) is 0 Å². The van der Waals surface area contributed by atoms with E-state index in [9.17, 15) is 0 Å². The van der Waals surface area contributed by atoms with Crippen LogP contribution in [-0.4, -0.2) is 4.98 Å². The second kappa shape index (κ2) is 4.80. The fraction of sp³-hybridized carbons (Fsp3) is 0.250. The number of hydrogen-bond donors (Lipinski definition) is 2. The summed E-state index contributed by atoms with van der Waals surface area (Å²) >= 11 is 3.51. The van der Waals surface area contributed by atoms with E-state index < -0.39 is 0 Å². The van der Waals surface area contributed by atoms with Crippen LogP contribution in [-0.2, 0) is 6.42 Å². The number of halogens is 1. The molecule has 0 saturated carbocycles. The fourth-order valence-electron chi connectivity index (χ4n) is 1.77. The van der Waals surface area contributed by atoms with Gasteiger partial charge >= 0.3 is 0 Å². The van der Waals surface area contributed by atoms with Crippen molar-refractivity contribution in [1.29, 1.82) is 0 Å². The topological polar surface area (TPSA) is 50.9 Å². The second-order valence-corrected chi connectivity index (χ2v) is 4.55. The van der Waals surface area contributed by atoms with E-state index in [0.717, 1.165) is 39.6 Å². The Morgan fingerprint density at radius 2 is 2.25 bits per heavy atom. The second-order valence-electron chi connectivity index (χ2n) is 3.69. The number of nitrogen functional groups attached to an aromatic ring is 1. The zero-order chi connectivity index (χ0) is 11.5. The standard InChI is InChI=1S/C12H14BrN3/c1-2-4-8-7-11(16-14)9-5-3-6-10(13)12(9)15-8/h3,5-7H,2,4,14H2,1H3,(H,15,16). The summed E-state index contributed by atoms with van der Waals surface area (Å²) in [5.41, 5.74) is 5.69. The highest BCUT2D eigenvalue weighted by Crippen LogP contribution is 2.28. The van der Waals surface area contributed by atoms with Crippen molar-refractivity contribution in [2.75, 3.05) is 5.43 Å². The molecule has 0 radical (unpaired) electrons. The minimum atomic E-state index is 0.926. The molecular formula is C12H14BrN3. The third kappa shape index (κ3) is 2.03. The molecule has 0 saturated heterocycles. The van der Waals surface area contributed by atoms with Crippen LogP contribution in [0.2, 0.25) is 0 Å². The minimum absolute atomic E-state index is 0.926. The van der Waals surface area contributed by atoms with Gasteiger partial charge < -0.3 is 5.43 Å². The fourth-order valence-corrected chi connectivity index (χ4v) is 2.23. The van der Waals surface area contributed by atoms with Gasteiger partial charge in [-0.3, -0.25) is 10.8 Å². The van der Waals surface area contributed by atoms with Crippen molar-refractivity contribution in [2.24, 2.45) is 5.84 Å². The molecule has 1 aromatic carbocycles. The molecule has 0 aliphatic heterocycles.